The average Bonchev–Trinajstić information content (AvgIpc) is 2.47. The Kier molecular flexibility index (Phi) is 9.73. The number of hydrogen-bond acceptors (Lipinski definition) is 2. The molecule has 114 valence electrons. The van der Waals surface area contributed by atoms with Gasteiger partial charge in [-0.2, -0.15) is 0 Å². The summed E-state index contributed by atoms with van der Waals surface area (Å²) in [5, 5.41) is 4.29. The number of benzene rings is 1. The summed E-state index contributed by atoms with van der Waals surface area (Å²) >= 11 is 5.98. The van der Waals surface area contributed by atoms with Crippen LogP contribution in [0.1, 0.15) is 50.5 Å². The number of halogens is 1. The number of rotatable bonds is 11. The summed E-state index contributed by atoms with van der Waals surface area (Å²) in [6.07, 6.45) is 6.50. The summed E-state index contributed by atoms with van der Waals surface area (Å²) in [6.45, 7) is 4.94. The molecule has 1 unspecified atom stereocenters. The molecule has 1 aromatic rings. The van der Waals surface area contributed by atoms with Gasteiger partial charge in [-0.25, -0.2) is 0 Å². The molecule has 0 bridgehead atoms. The van der Waals surface area contributed by atoms with Gasteiger partial charge >= 0.3 is 0 Å². The van der Waals surface area contributed by atoms with Crippen LogP contribution in [0.25, 0.3) is 0 Å². The van der Waals surface area contributed by atoms with E-state index in [1.165, 1.54) is 37.7 Å². The fourth-order valence-electron chi connectivity index (χ4n) is 2.39. The minimum absolute atomic E-state index is 0.570. The summed E-state index contributed by atoms with van der Waals surface area (Å²) < 4.78 is 5.08. The van der Waals surface area contributed by atoms with E-state index in [9.17, 15) is 0 Å². The molecule has 0 aliphatic carbocycles. The van der Waals surface area contributed by atoms with Crippen LogP contribution in [-0.4, -0.2) is 26.8 Å². The van der Waals surface area contributed by atoms with Gasteiger partial charge < -0.3 is 10.1 Å². The van der Waals surface area contributed by atoms with Gasteiger partial charge in [-0.3, -0.25) is 0 Å². The van der Waals surface area contributed by atoms with Gasteiger partial charge in [0.25, 0.3) is 0 Å². The molecular weight excluding hydrogens is 270 g/mol. The first-order chi connectivity index (χ1) is 9.77. The average molecular weight is 298 g/mol. The number of hydrogen-bond donors (Lipinski definition) is 1. The minimum Gasteiger partial charge on any atom is -0.383 e. The van der Waals surface area contributed by atoms with Crippen LogP contribution in [0.15, 0.2) is 24.3 Å². The van der Waals surface area contributed by atoms with E-state index in [1.807, 2.05) is 12.1 Å². The molecule has 0 amide bonds. The summed E-state index contributed by atoms with van der Waals surface area (Å²) in [7, 11) is 1.74. The van der Waals surface area contributed by atoms with Gasteiger partial charge in [0.05, 0.1) is 6.61 Å². The minimum atomic E-state index is 0.570. The largest absolute Gasteiger partial charge is 0.383 e. The third-order valence-electron chi connectivity index (χ3n) is 3.62. The van der Waals surface area contributed by atoms with E-state index in [2.05, 4.69) is 24.4 Å². The molecule has 2 nitrogen and oxygen atoms in total. The first kappa shape index (κ1) is 17.5. The molecule has 3 heteroatoms. The molecule has 0 fully saturated rings. The van der Waals surface area contributed by atoms with Crippen LogP contribution in [-0.2, 0) is 4.74 Å². The van der Waals surface area contributed by atoms with Crippen molar-refractivity contribution in [2.75, 3.05) is 26.8 Å². The van der Waals surface area contributed by atoms with Crippen LogP contribution in [0, 0.1) is 0 Å². The molecule has 0 aliphatic heterocycles. The van der Waals surface area contributed by atoms with E-state index in [1.54, 1.807) is 7.11 Å². The van der Waals surface area contributed by atoms with Crippen LogP contribution in [0.3, 0.4) is 0 Å². The maximum atomic E-state index is 5.98. The normalized spacial score (nSPS) is 12.6. The molecule has 0 spiro atoms. The summed E-state index contributed by atoms with van der Waals surface area (Å²) in [5.74, 6) is 0.570. The number of methoxy groups -OCH3 is 1. The van der Waals surface area contributed by atoms with Crippen LogP contribution in [0.5, 0.6) is 0 Å². The fraction of sp³-hybridized carbons (Fsp3) is 0.647. The van der Waals surface area contributed by atoms with Crippen molar-refractivity contribution >= 4 is 11.6 Å². The Morgan fingerprint density at radius 2 is 1.90 bits per heavy atom. The summed E-state index contributed by atoms with van der Waals surface area (Å²) in [5.41, 5.74) is 1.39. The highest BCUT2D eigenvalue weighted by atomic mass is 35.5. The molecule has 1 rings (SSSR count). The van der Waals surface area contributed by atoms with Crippen LogP contribution in [0.4, 0.5) is 0 Å². The van der Waals surface area contributed by atoms with Gasteiger partial charge in [0.15, 0.2) is 0 Å². The quantitative estimate of drug-likeness (QED) is 0.601. The summed E-state index contributed by atoms with van der Waals surface area (Å²) in [6, 6.07) is 8.30. The van der Waals surface area contributed by atoms with E-state index in [0.29, 0.717) is 5.92 Å². The summed E-state index contributed by atoms with van der Waals surface area (Å²) in [4.78, 5) is 0. The third-order valence-corrected chi connectivity index (χ3v) is 3.87. The van der Waals surface area contributed by atoms with Gasteiger partial charge in [-0.1, -0.05) is 56.3 Å². The molecule has 1 N–H and O–H groups in total. The van der Waals surface area contributed by atoms with Crippen molar-refractivity contribution in [2.45, 2.75) is 44.9 Å². The first-order valence-electron chi connectivity index (χ1n) is 7.73. The molecule has 0 radical (unpaired) electrons. The maximum absolute atomic E-state index is 5.98. The van der Waals surface area contributed by atoms with Crippen molar-refractivity contribution in [3.05, 3.63) is 34.9 Å². The molecule has 0 saturated heterocycles. The second-order valence-electron chi connectivity index (χ2n) is 5.29. The fourth-order valence-corrected chi connectivity index (χ4v) is 2.52. The van der Waals surface area contributed by atoms with E-state index < -0.39 is 0 Å². The molecule has 20 heavy (non-hydrogen) atoms. The van der Waals surface area contributed by atoms with E-state index in [0.717, 1.165) is 24.7 Å². The molecule has 0 aliphatic rings. The highest BCUT2D eigenvalue weighted by molar-refractivity contribution is 6.30. The van der Waals surface area contributed by atoms with Gasteiger partial charge in [-0.15, -0.1) is 0 Å². The Hall–Kier alpha value is -0.570. The Morgan fingerprint density at radius 3 is 2.55 bits per heavy atom. The molecule has 1 aromatic carbocycles. The lowest BCUT2D eigenvalue weighted by atomic mass is 9.93. The Bertz CT molecular complexity index is 327. The zero-order valence-corrected chi connectivity index (χ0v) is 13.6. The van der Waals surface area contributed by atoms with Crippen molar-refractivity contribution in [1.29, 1.82) is 0 Å². The first-order valence-corrected chi connectivity index (χ1v) is 8.10. The highest BCUT2D eigenvalue weighted by Crippen LogP contribution is 2.23. The SMILES string of the molecule is CCCCCCC(CNCCOC)c1ccc(Cl)cc1. The Labute approximate surface area is 128 Å². The molecule has 1 atom stereocenters. The zero-order chi connectivity index (χ0) is 14.6. The van der Waals surface area contributed by atoms with Gasteiger partial charge in [0, 0.05) is 25.2 Å². The van der Waals surface area contributed by atoms with Crippen molar-refractivity contribution in [3.8, 4) is 0 Å². The van der Waals surface area contributed by atoms with Crippen molar-refractivity contribution in [3.63, 3.8) is 0 Å². The number of nitrogens with one attached hydrogen (secondary N) is 1. The second kappa shape index (κ2) is 11.1. The molecule has 0 saturated carbocycles. The van der Waals surface area contributed by atoms with Gasteiger partial charge in [0.1, 0.15) is 0 Å². The lowest BCUT2D eigenvalue weighted by Crippen LogP contribution is -2.25. The van der Waals surface area contributed by atoms with Crippen LogP contribution in [0.2, 0.25) is 5.02 Å². The predicted octanol–water partition coefficient (Wildman–Crippen LogP) is 4.63. The number of unbranched alkanes of at least 4 members (excludes halogenated alkanes) is 3. The van der Waals surface area contributed by atoms with Crippen molar-refractivity contribution in [2.24, 2.45) is 0 Å². The van der Waals surface area contributed by atoms with E-state index >= 15 is 0 Å². The Morgan fingerprint density at radius 1 is 1.15 bits per heavy atom. The topological polar surface area (TPSA) is 21.3 Å². The van der Waals surface area contributed by atoms with Crippen LogP contribution >= 0.6 is 11.6 Å². The maximum Gasteiger partial charge on any atom is 0.0587 e. The Balaban J connectivity index is 2.47. The zero-order valence-electron chi connectivity index (χ0n) is 12.8. The van der Waals surface area contributed by atoms with Crippen molar-refractivity contribution in [1.82, 2.24) is 5.32 Å². The van der Waals surface area contributed by atoms with Gasteiger partial charge in [0.2, 0.25) is 0 Å². The lowest BCUT2D eigenvalue weighted by molar-refractivity contribution is 0.198. The number of ether oxygens (including phenoxy) is 1. The standard InChI is InChI=1S/C17H28ClNO/c1-3-4-5-6-7-16(14-19-12-13-20-2)15-8-10-17(18)11-9-15/h8-11,16,19H,3-7,12-14H2,1-2H3. The van der Waals surface area contributed by atoms with Crippen molar-refractivity contribution < 1.29 is 4.74 Å². The van der Waals surface area contributed by atoms with Gasteiger partial charge in [-0.05, 0) is 30.0 Å². The molecule has 0 aromatic heterocycles. The molecular formula is C17H28ClNO. The highest BCUT2D eigenvalue weighted by Gasteiger charge is 2.11. The third kappa shape index (κ3) is 7.28. The smallest absolute Gasteiger partial charge is 0.0587 e. The lowest BCUT2D eigenvalue weighted by Gasteiger charge is -2.18. The second-order valence-corrected chi connectivity index (χ2v) is 5.73. The van der Waals surface area contributed by atoms with Crippen LogP contribution < -0.4 is 5.32 Å². The predicted molar refractivity (Wildman–Crippen MR) is 87.7 cm³/mol. The monoisotopic (exact) mass is 297 g/mol. The van der Waals surface area contributed by atoms with E-state index in [4.69, 9.17) is 16.3 Å². The van der Waals surface area contributed by atoms with E-state index in [-0.39, 0.29) is 0 Å². The molecule has 0 heterocycles.